The number of piperidine rings is 1. The number of carbonyl (C=O) groups excluding carboxylic acids is 6. The molecular weight excluding hydrogens is 729 g/mol. The van der Waals surface area contributed by atoms with Crippen molar-refractivity contribution in [2.75, 3.05) is 19.7 Å². The Morgan fingerprint density at radius 2 is 1.61 bits per heavy atom. The summed E-state index contributed by atoms with van der Waals surface area (Å²) in [7, 11) is 0. The predicted molar refractivity (Wildman–Crippen MR) is 216 cm³/mol. The van der Waals surface area contributed by atoms with Gasteiger partial charge in [-0.15, -0.1) is 0 Å². The smallest absolute Gasteiger partial charge is 0.285 e. The molecule has 0 saturated carbocycles. The number of pyridine rings is 1. The van der Waals surface area contributed by atoms with Gasteiger partial charge in [0, 0.05) is 30.8 Å². The summed E-state index contributed by atoms with van der Waals surface area (Å²) >= 11 is 0. The summed E-state index contributed by atoms with van der Waals surface area (Å²) < 4.78 is 11.1. The van der Waals surface area contributed by atoms with Crippen molar-refractivity contribution < 1.29 is 37.9 Å². The largest absolute Gasteiger partial charge is 0.482 e. The molecule has 2 aliphatic heterocycles. The molecule has 57 heavy (non-hydrogen) atoms. The molecule has 14 heteroatoms. The van der Waals surface area contributed by atoms with Crippen LogP contribution in [0.1, 0.15) is 105 Å². The van der Waals surface area contributed by atoms with Crippen LogP contribution >= 0.6 is 0 Å². The first-order chi connectivity index (χ1) is 26.9. The highest BCUT2D eigenvalue weighted by Gasteiger charge is 2.43. The standard InChI is InChI=1S/C36H42N6O8.C5H12.C2H6/c1-36(2,3)31(41-28(43)21-49-24-13-8-15-37-19-24)35(48)42-17-9-14-26(42)33(47)40-25(18-23-12-7-16-38-32(23)46)29(44)30(45)34-39-20-27(50-34)22-10-5-4-6-11-22;1-5(2,3)4;1-2/h4-6,8,10-11,13,15,19-20,23,25-26,31H,7,9,12,14,16-18,21H2,1-3H3,(H,38,46)(H,40,47)(H,41,43);1-4H3;1-2H3/t23?,25?,26?,31-;;/m1../s1. The molecule has 0 spiro atoms. The van der Waals surface area contributed by atoms with Crippen LogP contribution in [0.15, 0.2) is 65.5 Å². The molecule has 14 nitrogen and oxygen atoms in total. The monoisotopic (exact) mass is 788 g/mol. The Balaban J connectivity index is 0.00000115. The van der Waals surface area contributed by atoms with E-state index >= 15 is 0 Å². The summed E-state index contributed by atoms with van der Waals surface area (Å²) in [4.78, 5) is 89.9. The second-order valence-electron chi connectivity index (χ2n) is 16.5. The average molecular weight is 789 g/mol. The van der Waals surface area contributed by atoms with Crippen LogP contribution < -0.4 is 20.7 Å². The second-order valence-corrected chi connectivity index (χ2v) is 16.5. The molecule has 4 amide bonds. The number of ketones is 2. The van der Waals surface area contributed by atoms with Crippen LogP contribution in [0, 0.1) is 16.7 Å². The second kappa shape index (κ2) is 21.2. The van der Waals surface area contributed by atoms with E-state index in [0.29, 0.717) is 54.7 Å². The lowest BCUT2D eigenvalue weighted by molar-refractivity contribution is -0.144. The lowest BCUT2D eigenvalue weighted by Gasteiger charge is -2.35. The molecule has 5 rings (SSSR count). The van der Waals surface area contributed by atoms with Gasteiger partial charge >= 0.3 is 0 Å². The van der Waals surface area contributed by atoms with E-state index < -0.39 is 64.6 Å². The van der Waals surface area contributed by atoms with Gasteiger partial charge in [0.25, 0.3) is 17.6 Å². The van der Waals surface area contributed by atoms with Crippen molar-refractivity contribution in [2.24, 2.45) is 16.7 Å². The number of amides is 4. The first-order valence-corrected chi connectivity index (χ1v) is 19.7. The maximum atomic E-state index is 14.0. The van der Waals surface area contributed by atoms with Crippen molar-refractivity contribution in [3.05, 3.63) is 66.9 Å². The van der Waals surface area contributed by atoms with E-state index in [4.69, 9.17) is 9.15 Å². The zero-order valence-electron chi connectivity index (χ0n) is 34.8. The minimum Gasteiger partial charge on any atom is -0.482 e. The van der Waals surface area contributed by atoms with Gasteiger partial charge in [-0.05, 0) is 55.1 Å². The van der Waals surface area contributed by atoms with Crippen LogP contribution in [0.25, 0.3) is 11.3 Å². The molecule has 0 aliphatic carbocycles. The Morgan fingerprint density at radius 3 is 2.23 bits per heavy atom. The fourth-order valence-electron chi connectivity index (χ4n) is 6.12. The lowest BCUT2D eigenvalue weighted by Crippen LogP contribution is -2.59. The van der Waals surface area contributed by atoms with Gasteiger partial charge in [0.15, 0.2) is 12.4 Å². The molecule has 3 aromatic rings. The maximum Gasteiger partial charge on any atom is 0.285 e. The van der Waals surface area contributed by atoms with E-state index in [2.05, 4.69) is 53.6 Å². The molecule has 2 fully saturated rings. The predicted octanol–water partition coefficient (Wildman–Crippen LogP) is 5.57. The number of aromatic nitrogens is 2. The van der Waals surface area contributed by atoms with Crippen LogP contribution in [0.5, 0.6) is 5.75 Å². The molecule has 3 unspecified atom stereocenters. The highest BCUT2D eigenvalue weighted by Crippen LogP contribution is 2.27. The zero-order chi connectivity index (χ0) is 42.3. The van der Waals surface area contributed by atoms with Gasteiger partial charge in [-0.25, -0.2) is 4.98 Å². The number of Topliss-reactive ketones (excluding diaryl/α,β-unsaturated/α-hetero) is 2. The van der Waals surface area contributed by atoms with Crippen LogP contribution in [0.4, 0.5) is 0 Å². The van der Waals surface area contributed by atoms with Gasteiger partial charge < -0.3 is 30.0 Å². The Bertz CT molecular complexity index is 1790. The molecule has 1 aromatic carbocycles. The third-order valence-electron chi connectivity index (χ3n) is 8.80. The van der Waals surface area contributed by atoms with Crippen LogP contribution in [-0.4, -0.2) is 87.9 Å². The minimum absolute atomic E-state index is 0.118. The molecule has 4 atom stereocenters. The molecule has 2 aromatic heterocycles. The first kappa shape index (κ1) is 46.0. The fraction of sp³-hybridized carbons (Fsp3) is 0.535. The molecule has 4 heterocycles. The molecular formula is C43H60N6O8. The Labute approximate surface area is 336 Å². The third-order valence-corrected chi connectivity index (χ3v) is 8.80. The Morgan fingerprint density at radius 1 is 0.930 bits per heavy atom. The Kier molecular flexibility index (Phi) is 17.1. The van der Waals surface area contributed by atoms with Crippen molar-refractivity contribution >= 4 is 35.2 Å². The van der Waals surface area contributed by atoms with Gasteiger partial charge in [-0.1, -0.05) is 92.6 Å². The number of nitrogens with zero attached hydrogens (tertiary/aromatic N) is 3. The highest BCUT2D eigenvalue weighted by molar-refractivity contribution is 6.44. The SMILES string of the molecule is CC.CC(C)(C)C.CC(C)(C)[C@H](NC(=O)COc1cccnc1)C(=O)N1CCCC1C(=O)NC(CC1CCCNC1=O)C(=O)C(=O)c1ncc(-c2ccccc2)o1. The van der Waals surface area contributed by atoms with E-state index in [0.717, 1.165) is 0 Å². The summed E-state index contributed by atoms with van der Waals surface area (Å²) in [6.07, 6.45) is 6.21. The molecule has 0 radical (unpaired) electrons. The minimum atomic E-state index is -1.38. The normalized spacial score (nSPS) is 17.6. The summed E-state index contributed by atoms with van der Waals surface area (Å²) in [6.45, 7) is 18.5. The van der Waals surface area contributed by atoms with E-state index in [1.54, 1.807) is 63.4 Å². The van der Waals surface area contributed by atoms with Gasteiger partial charge in [0.05, 0.1) is 18.4 Å². The number of oxazole rings is 1. The van der Waals surface area contributed by atoms with E-state index in [9.17, 15) is 28.8 Å². The zero-order valence-corrected chi connectivity index (χ0v) is 34.8. The number of ether oxygens (including phenoxy) is 1. The fourth-order valence-corrected chi connectivity index (χ4v) is 6.12. The Hall–Kier alpha value is -5.40. The van der Waals surface area contributed by atoms with E-state index in [1.165, 1.54) is 17.3 Å². The van der Waals surface area contributed by atoms with Gasteiger partial charge in [-0.2, -0.15) is 0 Å². The number of benzene rings is 1. The summed E-state index contributed by atoms with van der Waals surface area (Å²) in [6, 6.07) is 8.89. The van der Waals surface area contributed by atoms with Crippen molar-refractivity contribution in [3.8, 4) is 17.1 Å². The van der Waals surface area contributed by atoms with Crippen molar-refractivity contribution in [3.63, 3.8) is 0 Å². The number of hydrogen-bond donors (Lipinski definition) is 3. The molecule has 0 bridgehead atoms. The van der Waals surface area contributed by atoms with Crippen molar-refractivity contribution in [1.29, 1.82) is 0 Å². The number of likely N-dealkylation sites (tertiary alicyclic amines) is 1. The van der Waals surface area contributed by atoms with Crippen LogP contribution in [-0.2, 0) is 24.0 Å². The lowest BCUT2D eigenvalue weighted by atomic mass is 9.85. The average Bonchev–Trinajstić information content (AvgIpc) is 3.88. The summed E-state index contributed by atoms with van der Waals surface area (Å²) in [5, 5.41) is 8.22. The first-order valence-electron chi connectivity index (χ1n) is 19.7. The summed E-state index contributed by atoms with van der Waals surface area (Å²) in [5.41, 5.74) is 0.422. The number of hydrogen-bond acceptors (Lipinski definition) is 10. The van der Waals surface area contributed by atoms with E-state index in [-0.39, 0.29) is 25.5 Å². The van der Waals surface area contributed by atoms with Crippen molar-refractivity contribution in [1.82, 2.24) is 30.8 Å². The topological polar surface area (TPSA) is 190 Å². The van der Waals surface area contributed by atoms with Gasteiger partial charge in [0.2, 0.25) is 23.5 Å². The quantitative estimate of drug-likeness (QED) is 0.146. The van der Waals surface area contributed by atoms with E-state index in [1.807, 2.05) is 19.9 Å². The van der Waals surface area contributed by atoms with Gasteiger partial charge in [0.1, 0.15) is 17.8 Å². The number of carbonyl (C=O) groups is 6. The van der Waals surface area contributed by atoms with Crippen LogP contribution in [0.3, 0.4) is 0 Å². The van der Waals surface area contributed by atoms with Crippen molar-refractivity contribution in [2.45, 2.75) is 113 Å². The molecule has 3 N–H and O–H groups in total. The molecule has 2 aliphatic rings. The third kappa shape index (κ3) is 14.2. The number of nitrogens with one attached hydrogen (secondary N) is 3. The summed E-state index contributed by atoms with van der Waals surface area (Å²) in [5.74, 6) is -4.31. The maximum absolute atomic E-state index is 14.0. The number of rotatable bonds is 13. The highest BCUT2D eigenvalue weighted by atomic mass is 16.5. The molecule has 2 saturated heterocycles. The van der Waals surface area contributed by atoms with Gasteiger partial charge in [-0.3, -0.25) is 33.8 Å². The molecule has 310 valence electrons. The van der Waals surface area contributed by atoms with Crippen LogP contribution in [0.2, 0.25) is 0 Å².